The van der Waals surface area contributed by atoms with Gasteiger partial charge in [0, 0.05) is 17.0 Å². The molecular weight excluding hydrogens is 360 g/mol. The standard InChI is InChI=1S/C17H18N2O4S2/c1-12-11-25(22,23)19(17(12)21)14-6-4-13(5-7-14)16(20)18-9-8-15-3-2-10-24-15/h2-7,10,12H,8-9,11H2,1H3,(H,18,20). The third kappa shape index (κ3) is 3.74. The minimum atomic E-state index is -3.63. The largest absolute Gasteiger partial charge is 0.352 e. The fourth-order valence-corrected chi connectivity index (χ4v) is 5.22. The highest BCUT2D eigenvalue weighted by Crippen LogP contribution is 2.28. The predicted octanol–water partition coefficient (Wildman–Crippen LogP) is 2.03. The number of hydrogen-bond acceptors (Lipinski definition) is 5. The second kappa shape index (κ2) is 6.97. The Bertz CT molecular complexity index is 874. The molecule has 0 bridgehead atoms. The number of hydrogen-bond donors (Lipinski definition) is 1. The SMILES string of the molecule is CC1CS(=O)(=O)N(c2ccc(C(=O)NCCc3cccs3)cc2)C1=O. The fourth-order valence-electron chi connectivity index (χ4n) is 2.69. The van der Waals surface area contributed by atoms with Crippen molar-refractivity contribution in [3.05, 3.63) is 52.2 Å². The molecule has 1 atom stereocenters. The van der Waals surface area contributed by atoms with Crippen molar-refractivity contribution in [2.45, 2.75) is 13.3 Å². The molecule has 1 unspecified atom stereocenters. The van der Waals surface area contributed by atoms with Crippen LogP contribution in [0.3, 0.4) is 0 Å². The number of carbonyl (C=O) groups is 2. The van der Waals surface area contributed by atoms with Crippen molar-refractivity contribution >= 4 is 38.9 Å². The van der Waals surface area contributed by atoms with E-state index in [0.29, 0.717) is 12.1 Å². The van der Waals surface area contributed by atoms with Crippen LogP contribution in [0.25, 0.3) is 0 Å². The first-order chi connectivity index (χ1) is 11.9. The van der Waals surface area contributed by atoms with Gasteiger partial charge in [0.1, 0.15) is 0 Å². The summed E-state index contributed by atoms with van der Waals surface area (Å²) < 4.78 is 25.0. The Balaban J connectivity index is 1.65. The van der Waals surface area contributed by atoms with Gasteiger partial charge in [-0.05, 0) is 42.1 Å². The lowest BCUT2D eigenvalue weighted by Gasteiger charge is -2.15. The Kier molecular flexibility index (Phi) is 4.91. The van der Waals surface area contributed by atoms with E-state index in [4.69, 9.17) is 0 Å². The lowest BCUT2D eigenvalue weighted by molar-refractivity contribution is -0.119. The van der Waals surface area contributed by atoms with Crippen LogP contribution in [0.5, 0.6) is 0 Å². The zero-order valence-corrected chi connectivity index (χ0v) is 15.3. The quantitative estimate of drug-likeness (QED) is 0.863. The molecule has 0 spiro atoms. The third-order valence-electron chi connectivity index (χ3n) is 3.96. The van der Waals surface area contributed by atoms with Gasteiger partial charge in [-0.3, -0.25) is 9.59 Å². The Labute approximate surface area is 150 Å². The fraction of sp³-hybridized carbons (Fsp3) is 0.294. The van der Waals surface area contributed by atoms with Crippen LogP contribution in [-0.4, -0.2) is 32.5 Å². The maximum Gasteiger partial charge on any atom is 0.251 e. The minimum absolute atomic E-state index is 0.184. The number of carbonyl (C=O) groups excluding carboxylic acids is 2. The molecule has 1 fully saturated rings. The van der Waals surface area contributed by atoms with Gasteiger partial charge in [-0.1, -0.05) is 13.0 Å². The number of rotatable bonds is 5. The Morgan fingerprint density at radius 3 is 2.56 bits per heavy atom. The van der Waals surface area contributed by atoms with Crippen LogP contribution < -0.4 is 9.62 Å². The molecule has 8 heteroatoms. The highest BCUT2D eigenvalue weighted by atomic mass is 32.2. The summed E-state index contributed by atoms with van der Waals surface area (Å²) >= 11 is 1.64. The van der Waals surface area contributed by atoms with E-state index < -0.39 is 21.8 Å². The maximum absolute atomic E-state index is 12.1. The molecule has 0 radical (unpaired) electrons. The number of amides is 2. The van der Waals surface area contributed by atoms with Gasteiger partial charge in [0.25, 0.3) is 5.91 Å². The number of nitrogens with one attached hydrogen (secondary N) is 1. The van der Waals surface area contributed by atoms with E-state index in [9.17, 15) is 18.0 Å². The van der Waals surface area contributed by atoms with E-state index in [-0.39, 0.29) is 17.3 Å². The van der Waals surface area contributed by atoms with Gasteiger partial charge in [0.05, 0.1) is 17.4 Å². The highest BCUT2D eigenvalue weighted by molar-refractivity contribution is 7.94. The molecule has 132 valence electrons. The Morgan fingerprint density at radius 2 is 2.00 bits per heavy atom. The van der Waals surface area contributed by atoms with Crippen LogP contribution in [0, 0.1) is 5.92 Å². The zero-order valence-electron chi connectivity index (χ0n) is 13.6. The summed E-state index contributed by atoms with van der Waals surface area (Å²) in [5.41, 5.74) is 0.691. The van der Waals surface area contributed by atoms with Crippen molar-refractivity contribution < 1.29 is 18.0 Å². The van der Waals surface area contributed by atoms with E-state index in [0.717, 1.165) is 10.7 Å². The van der Waals surface area contributed by atoms with Gasteiger partial charge in [-0.15, -0.1) is 11.3 Å². The van der Waals surface area contributed by atoms with Crippen molar-refractivity contribution in [2.24, 2.45) is 5.92 Å². The molecule has 0 aliphatic carbocycles. The molecule has 1 N–H and O–H groups in total. The first-order valence-electron chi connectivity index (χ1n) is 7.86. The number of nitrogens with zero attached hydrogens (tertiary/aromatic N) is 1. The molecule has 0 saturated carbocycles. The predicted molar refractivity (Wildman–Crippen MR) is 97.2 cm³/mol. The van der Waals surface area contributed by atoms with Gasteiger partial charge in [0.15, 0.2) is 0 Å². The normalized spacial score (nSPS) is 19.2. The minimum Gasteiger partial charge on any atom is -0.352 e. The molecule has 25 heavy (non-hydrogen) atoms. The van der Waals surface area contributed by atoms with Crippen molar-refractivity contribution in [3.63, 3.8) is 0 Å². The molecule has 3 rings (SSSR count). The number of anilines is 1. The molecule has 2 heterocycles. The monoisotopic (exact) mass is 378 g/mol. The topological polar surface area (TPSA) is 83.6 Å². The van der Waals surface area contributed by atoms with Crippen molar-refractivity contribution in [2.75, 3.05) is 16.6 Å². The summed E-state index contributed by atoms with van der Waals surface area (Å²) in [5, 5.41) is 4.82. The van der Waals surface area contributed by atoms with Crippen LogP contribution >= 0.6 is 11.3 Å². The van der Waals surface area contributed by atoms with Crippen LogP contribution in [0.1, 0.15) is 22.2 Å². The summed E-state index contributed by atoms with van der Waals surface area (Å²) in [6, 6.07) is 10.0. The third-order valence-corrected chi connectivity index (χ3v) is 6.77. The van der Waals surface area contributed by atoms with Crippen LogP contribution in [0.2, 0.25) is 0 Å². The van der Waals surface area contributed by atoms with Crippen molar-refractivity contribution in [3.8, 4) is 0 Å². The van der Waals surface area contributed by atoms with E-state index >= 15 is 0 Å². The van der Waals surface area contributed by atoms with E-state index in [1.807, 2.05) is 17.5 Å². The smallest absolute Gasteiger partial charge is 0.251 e. The number of thiophene rings is 1. The van der Waals surface area contributed by atoms with Gasteiger partial charge in [-0.2, -0.15) is 0 Å². The van der Waals surface area contributed by atoms with Crippen molar-refractivity contribution in [1.82, 2.24) is 5.32 Å². The molecule has 1 aromatic carbocycles. The molecular formula is C17H18N2O4S2. The summed E-state index contributed by atoms with van der Waals surface area (Å²) in [6.45, 7) is 2.12. The first kappa shape index (κ1) is 17.6. The van der Waals surface area contributed by atoms with E-state index in [1.165, 1.54) is 29.1 Å². The lowest BCUT2D eigenvalue weighted by Crippen LogP contribution is -2.30. The molecule has 1 aliphatic heterocycles. The number of benzene rings is 1. The zero-order chi connectivity index (χ0) is 18.0. The molecule has 6 nitrogen and oxygen atoms in total. The summed E-state index contributed by atoms with van der Waals surface area (Å²) in [5.74, 6) is -1.40. The molecule has 1 aliphatic rings. The second-order valence-electron chi connectivity index (χ2n) is 5.91. The molecule has 2 aromatic rings. The van der Waals surface area contributed by atoms with Gasteiger partial charge >= 0.3 is 0 Å². The van der Waals surface area contributed by atoms with Crippen LogP contribution in [0.15, 0.2) is 41.8 Å². The summed E-state index contributed by atoms with van der Waals surface area (Å²) in [7, 11) is -3.63. The molecule has 2 amide bonds. The van der Waals surface area contributed by atoms with E-state index in [2.05, 4.69) is 5.32 Å². The molecule has 1 saturated heterocycles. The lowest BCUT2D eigenvalue weighted by atomic mass is 10.1. The molecule has 1 aromatic heterocycles. The van der Waals surface area contributed by atoms with Gasteiger partial charge in [0.2, 0.25) is 15.9 Å². The van der Waals surface area contributed by atoms with Gasteiger partial charge < -0.3 is 5.32 Å². The first-order valence-corrected chi connectivity index (χ1v) is 10.3. The average Bonchev–Trinajstić information content (AvgIpc) is 3.14. The Hall–Kier alpha value is -2.19. The van der Waals surface area contributed by atoms with Gasteiger partial charge in [-0.25, -0.2) is 12.7 Å². The van der Waals surface area contributed by atoms with E-state index in [1.54, 1.807) is 18.3 Å². The Morgan fingerprint density at radius 1 is 1.28 bits per heavy atom. The maximum atomic E-state index is 12.1. The van der Waals surface area contributed by atoms with Crippen LogP contribution in [0.4, 0.5) is 5.69 Å². The highest BCUT2D eigenvalue weighted by Gasteiger charge is 2.41. The van der Waals surface area contributed by atoms with Crippen molar-refractivity contribution in [1.29, 1.82) is 0 Å². The van der Waals surface area contributed by atoms with Crippen LogP contribution in [-0.2, 0) is 21.2 Å². The summed E-state index contributed by atoms with van der Waals surface area (Å²) in [6.07, 6.45) is 0.764. The number of sulfonamides is 1. The second-order valence-corrected chi connectivity index (χ2v) is 8.81. The average molecular weight is 378 g/mol. The summed E-state index contributed by atoms with van der Waals surface area (Å²) in [4.78, 5) is 25.4.